The second kappa shape index (κ2) is 17.8. The Kier molecular flexibility index (Phi) is 25.5. The van der Waals surface area contributed by atoms with Gasteiger partial charge in [-0.05, 0) is 25.7 Å². The van der Waals surface area contributed by atoms with Crippen LogP contribution in [0.15, 0.2) is 0 Å². The first kappa shape index (κ1) is 18.6. The van der Waals surface area contributed by atoms with Gasteiger partial charge in [0.1, 0.15) is 0 Å². The summed E-state index contributed by atoms with van der Waals surface area (Å²) >= 11 is 0. The zero-order chi connectivity index (χ0) is 8.36. The molecule has 4 nitrogen and oxygen atoms in total. The van der Waals surface area contributed by atoms with Gasteiger partial charge < -0.3 is 22.4 Å². The van der Waals surface area contributed by atoms with Crippen LogP contribution in [0.1, 0.15) is 44.9 Å². The van der Waals surface area contributed by atoms with Crippen molar-refractivity contribution >= 4 is 0 Å². The van der Waals surface area contributed by atoms with E-state index in [1.807, 2.05) is 0 Å². The predicted octanol–water partition coefficient (Wildman–Crippen LogP) is -0.153. The minimum atomic E-state index is 0. The molecule has 8 N–H and O–H groups in total. The van der Waals surface area contributed by atoms with Gasteiger partial charge in [0.2, 0.25) is 0 Å². The van der Waals surface area contributed by atoms with Crippen LogP contribution >= 0.6 is 0 Å². The van der Waals surface area contributed by atoms with Gasteiger partial charge in [0.25, 0.3) is 0 Å². The lowest BCUT2D eigenvalue weighted by atomic mass is 10.1. The lowest BCUT2D eigenvalue weighted by molar-refractivity contribution is -0.368. The highest BCUT2D eigenvalue weighted by Gasteiger charge is 1.90. The molecule has 0 aromatic rings. The molecule has 0 radical (unpaired) electrons. The standard InChI is InChI=1S/C9H22N2.2H2O/c10-8-6-4-2-1-3-5-7-9-11;;/h1-11H2;2*1H2. The van der Waals surface area contributed by atoms with Crippen LogP contribution in [-0.2, 0) is 0 Å². The largest absolute Gasteiger partial charge is 0.870 e. The molecule has 0 saturated heterocycles. The summed E-state index contributed by atoms with van der Waals surface area (Å²) in [6.07, 6.45) is 9.63. The fourth-order valence-electron chi connectivity index (χ4n) is 1.24. The van der Waals surface area contributed by atoms with E-state index in [4.69, 9.17) is 0 Å². The Morgan fingerprint density at radius 1 is 0.462 bits per heavy atom. The monoisotopic (exact) mass is 194 g/mol. The van der Waals surface area contributed by atoms with Crippen LogP contribution in [0.4, 0.5) is 0 Å². The molecule has 0 spiro atoms. The maximum absolute atomic E-state index is 3.82. The molecule has 0 aromatic carbocycles. The first-order valence-electron chi connectivity index (χ1n) is 5.00. The van der Waals surface area contributed by atoms with E-state index in [1.165, 1.54) is 44.9 Å². The summed E-state index contributed by atoms with van der Waals surface area (Å²) < 4.78 is 0. The maximum Gasteiger partial charge on any atom is 0.0739 e. The van der Waals surface area contributed by atoms with Crippen LogP contribution in [0, 0.1) is 0 Å². The third-order valence-electron chi connectivity index (χ3n) is 2.00. The van der Waals surface area contributed by atoms with E-state index in [0.29, 0.717) is 0 Å². The average Bonchev–Trinajstić information content (AvgIpc) is 2.03. The predicted molar refractivity (Wildman–Crippen MR) is 51.7 cm³/mol. The Hall–Kier alpha value is -0.160. The van der Waals surface area contributed by atoms with E-state index in [-0.39, 0.29) is 11.0 Å². The van der Waals surface area contributed by atoms with Crippen LogP contribution in [-0.4, -0.2) is 24.0 Å². The van der Waals surface area contributed by atoms with Gasteiger partial charge in [0.05, 0.1) is 13.1 Å². The molecule has 0 saturated carbocycles. The summed E-state index contributed by atoms with van der Waals surface area (Å²) in [4.78, 5) is 0. The van der Waals surface area contributed by atoms with Crippen molar-refractivity contribution < 1.29 is 22.4 Å². The highest BCUT2D eigenvalue weighted by Crippen LogP contribution is 2.05. The molecule has 4 heteroatoms. The third-order valence-corrected chi connectivity index (χ3v) is 2.00. The van der Waals surface area contributed by atoms with Gasteiger partial charge >= 0.3 is 0 Å². The first-order chi connectivity index (χ1) is 5.41. The van der Waals surface area contributed by atoms with Gasteiger partial charge in [0.15, 0.2) is 0 Å². The molecule has 0 fully saturated rings. The summed E-state index contributed by atoms with van der Waals surface area (Å²) in [7, 11) is 0. The second-order valence-electron chi connectivity index (χ2n) is 3.18. The molecule has 84 valence electrons. The highest BCUT2D eigenvalue weighted by molar-refractivity contribution is 4.44. The quantitative estimate of drug-likeness (QED) is 0.523. The zero-order valence-electron chi connectivity index (χ0n) is 8.67. The van der Waals surface area contributed by atoms with Crippen LogP contribution in [0.2, 0.25) is 0 Å². The van der Waals surface area contributed by atoms with Crippen LogP contribution in [0.3, 0.4) is 0 Å². The molecule has 13 heavy (non-hydrogen) atoms. The van der Waals surface area contributed by atoms with E-state index in [1.54, 1.807) is 0 Å². The summed E-state index contributed by atoms with van der Waals surface area (Å²) in [6.45, 7) is 2.22. The first-order valence-corrected chi connectivity index (χ1v) is 5.00. The molecule has 0 unspecified atom stereocenters. The Morgan fingerprint density at radius 3 is 0.923 bits per heavy atom. The van der Waals surface area contributed by atoms with Crippen LogP contribution in [0.5, 0.6) is 0 Å². The van der Waals surface area contributed by atoms with Crippen LogP contribution < -0.4 is 11.5 Å². The zero-order valence-corrected chi connectivity index (χ0v) is 8.67. The molecular formula is C9H26N2O2. The van der Waals surface area contributed by atoms with Gasteiger partial charge in [-0.2, -0.15) is 0 Å². The number of quaternary nitrogens is 2. The molecule has 0 atom stereocenters. The van der Waals surface area contributed by atoms with Crippen molar-refractivity contribution in [1.29, 1.82) is 0 Å². The molecule has 0 aliphatic carbocycles. The minimum absolute atomic E-state index is 0. The van der Waals surface area contributed by atoms with Crippen molar-refractivity contribution in [3.8, 4) is 0 Å². The summed E-state index contributed by atoms with van der Waals surface area (Å²) in [5.41, 5.74) is 7.65. The van der Waals surface area contributed by atoms with Crippen molar-refractivity contribution in [2.45, 2.75) is 44.9 Å². The lowest BCUT2D eigenvalue weighted by Gasteiger charge is -1.97. The van der Waals surface area contributed by atoms with Crippen molar-refractivity contribution in [2.24, 2.45) is 0 Å². The number of unbranched alkanes of at least 4 members (excludes halogenated alkanes) is 6. The van der Waals surface area contributed by atoms with E-state index in [9.17, 15) is 0 Å². The molecule has 0 aromatic heterocycles. The van der Waals surface area contributed by atoms with Gasteiger partial charge in [0, 0.05) is 0 Å². The van der Waals surface area contributed by atoms with E-state index >= 15 is 0 Å². The minimum Gasteiger partial charge on any atom is -0.870 e. The Morgan fingerprint density at radius 2 is 0.692 bits per heavy atom. The fourth-order valence-corrected chi connectivity index (χ4v) is 1.24. The van der Waals surface area contributed by atoms with Gasteiger partial charge in [-0.15, -0.1) is 0 Å². The van der Waals surface area contributed by atoms with Crippen LogP contribution in [0.25, 0.3) is 0 Å². The SMILES string of the molecule is [NH3+]CCCCCCCCC[NH3+].[OH-].[OH-]. The van der Waals surface area contributed by atoms with E-state index < -0.39 is 0 Å². The molecule has 0 aliphatic heterocycles. The third kappa shape index (κ3) is 18.7. The molecule has 0 aliphatic rings. The summed E-state index contributed by atoms with van der Waals surface area (Å²) in [6, 6.07) is 0. The molecular weight excluding hydrogens is 168 g/mol. The van der Waals surface area contributed by atoms with Crippen molar-refractivity contribution in [2.75, 3.05) is 13.1 Å². The summed E-state index contributed by atoms with van der Waals surface area (Å²) in [5, 5.41) is 0. The lowest BCUT2D eigenvalue weighted by Crippen LogP contribution is -2.50. The van der Waals surface area contributed by atoms with Gasteiger partial charge in [-0.25, -0.2) is 0 Å². The van der Waals surface area contributed by atoms with Gasteiger partial charge in [-0.3, -0.25) is 0 Å². The molecule has 0 rings (SSSR count). The summed E-state index contributed by atoms with van der Waals surface area (Å²) in [5.74, 6) is 0. The van der Waals surface area contributed by atoms with E-state index in [0.717, 1.165) is 13.1 Å². The number of hydrogen-bond donors (Lipinski definition) is 2. The maximum atomic E-state index is 3.82. The average molecular weight is 194 g/mol. The fraction of sp³-hybridized carbons (Fsp3) is 1.00. The molecule has 0 heterocycles. The normalized spacial score (nSPS) is 8.77. The topological polar surface area (TPSA) is 115 Å². The van der Waals surface area contributed by atoms with Crippen molar-refractivity contribution in [3.05, 3.63) is 0 Å². The molecule has 0 amide bonds. The van der Waals surface area contributed by atoms with Crippen molar-refractivity contribution in [1.82, 2.24) is 0 Å². The molecule has 0 bridgehead atoms. The second-order valence-corrected chi connectivity index (χ2v) is 3.18. The number of hydrogen-bond acceptors (Lipinski definition) is 2. The van der Waals surface area contributed by atoms with E-state index in [2.05, 4.69) is 11.5 Å². The Labute approximate surface area is 81.3 Å². The Bertz CT molecular complexity index is 64.6. The van der Waals surface area contributed by atoms with Gasteiger partial charge in [-0.1, -0.05) is 19.3 Å². The Balaban J connectivity index is -0.000000500. The highest BCUT2D eigenvalue weighted by atomic mass is 16.0. The van der Waals surface area contributed by atoms with Crippen molar-refractivity contribution in [3.63, 3.8) is 0 Å². The smallest absolute Gasteiger partial charge is 0.0739 e. The number of rotatable bonds is 8.